The van der Waals surface area contributed by atoms with Crippen LogP contribution in [-0.2, 0) is 10.0 Å². The number of sulfonamides is 1. The third kappa shape index (κ3) is 4.01. The minimum Gasteiger partial charge on any atom is -0.320 e. The van der Waals surface area contributed by atoms with Gasteiger partial charge in [-0.3, -0.25) is 0 Å². The van der Waals surface area contributed by atoms with Gasteiger partial charge in [0.15, 0.2) is 0 Å². The Hall–Kier alpha value is -1.00. The van der Waals surface area contributed by atoms with E-state index in [1.165, 1.54) is 6.42 Å². The molecule has 0 bridgehead atoms. The van der Waals surface area contributed by atoms with Crippen molar-refractivity contribution in [1.29, 1.82) is 0 Å². The van der Waals surface area contributed by atoms with Gasteiger partial charge >= 0.3 is 0 Å². The molecule has 0 radical (unpaired) electrons. The molecule has 0 unspecified atom stereocenters. The van der Waals surface area contributed by atoms with Gasteiger partial charge in [0, 0.05) is 16.9 Å². The van der Waals surface area contributed by atoms with Gasteiger partial charge in [0.2, 0.25) is 10.0 Å². The first kappa shape index (κ1) is 16.4. The van der Waals surface area contributed by atoms with Crippen molar-refractivity contribution in [2.24, 2.45) is 5.73 Å². The monoisotopic (exact) mass is 324 g/mol. The Morgan fingerprint density at radius 2 is 2.00 bits per heavy atom. The molecule has 0 saturated heterocycles. The van der Waals surface area contributed by atoms with Crippen LogP contribution < -0.4 is 10.5 Å². The molecule has 0 spiro atoms. The second-order valence-corrected chi connectivity index (χ2v) is 8.14. The van der Waals surface area contributed by atoms with Crippen molar-refractivity contribution in [3.63, 3.8) is 0 Å². The molecule has 1 aliphatic rings. The third-order valence-electron chi connectivity index (χ3n) is 3.78. The van der Waals surface area contributed by atoms with E-state index < -0.39 is 10.0 Å². The quantitative estimate of drug-likeness (QED) is 0.806. The van der Waals surface area contributed by atoms with Crippen molar-refractivity contribution in [3.8, 4) is 11.8 Å². The minimum absolute atomic E-state index is 0.0829. The largest absolute Gasteiger partial charge is 0.320 e. The number of nitrogens with one attached hydrogen (secondary N) is 1. The Labute approximate surface area is 130 Å². The number of hydrogen-bond donors (Lipinski definition) is 2. The second-order valence-electron chi connectivity index (χ2n) is 5.10. The highest BCUT2D eigenvalue weighted by atomic mass is 32.2. The van der Waals surface area contributed by atoms with Gasteiger partial charge in [0.1, 0.15) is 0 Å². The summed E-state index contributed by atoms with van der Waals surface area (Å²) in [6.07, 6.45) is 5.37. The molecular formula is C15H20N2O2S2. The molecule has 1 fully saturated rings. The van der Waals surface area contributed by atoms with E-state index in [1.54, 1.807) is 36.0 Å². The molecule has 3 N–H and O–H groups in total. The van der Waals surface area contributed by atoms with Crippen LogP contribution in [-0.4, -0.2) is 32.5 Å². The molecule has 21 heavy (non-hydrogen) atoms. The maximum atomic E-state index is 12.3. The molecule has 2 rings (SSSR count). The zero-order chi connectivity index (χ0) is 15.3. The van der Waals surface area contributed by atoms with E-state index in [2.05, 4.69) is 16.6 Å². The normalized spacial score (nSPS) is 16.7. The van der Waals surface area contributed by atoms with Crippen molar-refractivity contribution in [2.75, 3.05) is 19.3 Å². The Morgan fingerprint density at radius 1 is 1.33 bits per heavy atom. The van der Waals surface area contributed by atoms with Crippen molar-refractivity contribution in [3.05, 3.63) is 29.8 Å². The predicted molar refractivity (Wildman–Crippen MR) is 87.7 cm³/mol. The first-order valence-corrected chi connectivity index (χ1v) is 9.56. The molecule has 4 nitrogen and oxygen atoms in total. The van der Waals surface area contributed by atoms with Crippen LogP contribution in [0.3, 0.4) is 0 Å². The molecule has 114 valence electrons. The highest BCUT2D eigenvalue weighted by molar-refractivity contribution is 8.00. The molecule has 1 aromatic carbocycles. The van der Waals surface area contributed by atoms with Crippen LogP contribution in [0, 0.1) is 11.8 Å². The van der Waals surface area contributed by atoms with Gasteiger partial charge < -0.3 is 5.73 Å². The smallest absolute Gasteiger partial charge is 0.240 e. The molecule has 0 atom stereocenters. The van der Waals surface area contributed by atoms with Gasteiger partial charge in [-0.05, 0) is 43.4 Å². The summed E-state index contributed by atoms with van der Waals surface area (Å²) >= 11 is 1.75. The molecule has 0 aromatic heterocycles. The number of rotatable bonds is 5. The van der Waals surface area contributed by atoms with E-state index in [0.717, 1.165) is 18.4 Å². The summed E-state index contributed by atoms with van der Waals surface area (Å²) in [5.74, 6) is 5.61. The van der Waals surface area contributed by atoms with E-state index in [9.17, 15) is 8.42 Å². The fourth-order valence-corrected chi connectivity index (χ4v) is 4.34. The predicted octanol–water partition coefficient (Wildman–Crippen LogP) is 1.56. The maximum absolute atomic E-state index is 12.3. The Bertz CT molecular complexity index is 633. The average molecular weight is 324 g/mol. The van der Waals surface area contributed by atoms with Gasteiger partial charge in [0.05, 0.1) is 11.4 Å². The third-order valence-corrected chi connectivity index (χ3v) is 6.62. The standard InChI is InChI=1S/C15H20N2O2S2/c1-20-15(9-3-10-15)12-17-21(18,19)14-7-5-13(6-8-14)4-2-11-16/h5-8,17H,3,9-12,16H2,1H3. The maximum Gasteiger partial charge on any atom is 0.240 e. The lowest BCUT2D eigenvalue weighted by Crippen LogP contribution is -2.45. The van der Waals surface area contributed by atoms with Gasteiger partial charge in [-0.25, -0.2) is 13.1 Å². The van der Waals surface area contributed by atoms with E-state index >= 15 is 0 Å². The van der Waals surface area contributed by atoms with E-state index in [1.807, 2.05) is 6.26 Å². The molecule has 0 aliphatic heterocycles. The average Bonchev–Trinajstić information content (AvgIpc) is 2.45. The minimum atomic E-state index is -3.45. The molecule has 1 aliphatic carbocycles. The Morgan fingerprint density at radius 3 is 2.48 bits per heavy atom. The van der Waals surface area contributed by atoms with Gasteiger partial charge in [-0.1, -0.05) is 18.3 Å². The summed E-state index contributed by atoms with van der Waals surface area (Å²) in [7, 11) is -3.45. The SMILES string of the molecule is CSC1(CNS(=O)(=O)c2ccc(C#CCN)cc2)CCC1. The van der Waals surface area contributed by atoms with E-state index in [-0.39, 0.29) is 9.64 Å². The Balaban J connectivity index is 2.05. The summed E-state index contributed by atoms with van der Waals surface area (Å²) in [4.78, 5) is 0.274. The fraction of sp³-hybridized carbons (Fsp3) is 0.467. The van der Waals surface area contributed by atoms with Crippen molar-refractivity contribution < 1.29 is 8.42 Å². The van der Waals surface area contributed by atoms with Crippen molar-refractivity contribution in [2.45, 2.75) is 28.9 Å². The lowest BCUT2D eigenvalue weighted by Gasteiger charge is -2.40. The number of hydrogen-bond acceptors (Lipinski definition) is 4. The van der Waals surface area contributed by atoms with Gasteiger partial charge in [0.25, 0.3) is 0 Å². The highest BCUT2D eigenvalue weighted by Gasteiger charge is 2.37. The van der Waals surface area contributed by atoms with Gasteiger partial charge in [-0.2, -0.15) is 11.8 Å². The van der Waals surface area contributed by atoms with Crippen LogP contribution in [0.2, 0.25) is 0 Å². The van der Waals surface area contributed by atoms with Crippen LogP contribution in [0.15, 0.2) is 29.2 Å². The molecule has 6 heteroatoms. The molecule has 1 saturated carbocycles. The number of thioether (sulfide) groups is 1. The van der Waals surface area contributed by atoms with Crippen molar-refractivity contribution in [1.82, 2.24) is 4.72 Å². The molecular weight excluding hydrogens is 304 g/mol. The van der Waals surface area contributed by atoms with Crippen LogP contribution in [0.25, 0.3) is 0 Å². The molecule has 0 amide bonds. The topological polar surface area (TPSA) is 72.2 Å². The summed E-state index contributed by atoms with van der Waals surface area (Å²) in [6.45, 7) is 0.781. The summed E-state index contributed by atoms with van der Waals surface area (Å²) in [5, 5.41) is 0. The van der Waals surface area contributed by atoms with Crippen LogP contribution in [0.5, 0.6) is 0 Å². The summed E-state index contributed by atoms with van der Waals surface area (Å²) < 4.78 is 27.4. The van der Waals surface area contributed by atoms with E-state index in [4.69, 9.17) is 5.73 Å². The van der Waals surface area contributed by atoms with Crippen LogP contribution >= 0.6 is 11.8 Å². The zero-order valence-corrected chi connectivity index (χ0v) is 13.7. The fourth-order valence-electron chi connectivity index (χ4n) is 2.20. The van der Waals surface area contributed by atoms with Crippen molar-refractivity contribution >= 4 is 21.8 Å². The van der Waals surface area contributed by atoms with Crippen LogP contribution in [0.4, 0.5) is 0 Å². The Kier molecular flexibility index (Phi) is 5.33. The second kappa shape index (κ2) is 6.84. The molecule has 1 aromatic rings. The first-order chi connectivity index (χ1) is 10.0. The summed E-state index contributed by atoms with van der Waals surface area (Å²) in [6, 6.07) is 6.56. The lowest BCUT2D eigenvalue weighted by molar-refractivity contribution is 0.362. The summed E-state index contributed by atoms with van der Waals surface area (Å²) in [5.41, 5.74) is 6.07. The number of benzene rings is 1. The molecule has 0 heterocycles. The zero-order valence-electron chi connectivity index (χ0n) is 12.1. The first-order valence-electron chi connectivity index (χ1n) is 6.85. The van der Waals surface area contributed by atoms with Gasteiger partial charge in [-0.15, -0.1) is 0 Å². The van der Waals surface area contributed by atoms with E-state index in [0.29, 0.717) is 13.1 Å². The number of nitrogens with two attached hydrogens (primary N) is 1. The van der Waals surface area contributed by atoms with Crippen LogP contribution in [0.1, 0.15) is 24.8 Å². The lowest BCUT2D eigenvalue weighted by atomic mass is 9.84. The highest BCUT2D eigenvalue weighted by Crippen LogP contribution is 2.42.